The van der Waals surface area contributed by atoms with Crippen molar-refractivity contribution in [2.24, 2.45) is 0 Å². The first kappa shape index (κ1) is 18.8. The van der Waals surface area contributed by atoms with E-state index in [-0.39, 0.29) is 11.5 Å². The molecule has 2 aliphatic heterocycles. The van der Waals surface area contributed by atoms with Crippen LogP contribution in [0.25, 0.3) is 0 Å². The second kappa shape index (κ2) is 7.47. The first-order valence-electron chi connectivity index (χ1n) is 8.64. The lowest BCUT2D eigenvalue weighted by atomic mass is 10.2. The van der Waals surface area contributed by atoms with Crippen molar-refractivity contribution in [3.63, 3.8) is 0 Å². The van der Waals surface area contributed by atoms with Gasteiger partial charge in [0.25, 0.3) is 23.6 Å². The highest BCUT2D eigenvalue weighted by atomic mass is 16.7. The van der Waals surface area contributed by atoms with E-state index in [4.69, 9.17) is 9.47 Å². The number of rotatable bonds is 4. The van der Waals surface area contributed by atoms with Crippen molar-refractivity contribution in [1.82, 2.24) is 0 Å². The summed E-state index contributed by atoms with van der Waals surface area (Å²) >= 11 is 0. The molecular formula is C21H12N2O7. The first-order valence-corrected chi connectivity index (χ1v) is 8.64. The Labute approximate surface area is 169 Å². The van der Waals surface area contributed by atoms with Gasteiger partial charge >= 0.3 is 6.16 Å². The molecule has 0 saturated carbocycles. The summed E-state index contributed by atoms with van der Waals surface area (Å²) in [6.45, 7) is 0. The van der Waals surface area contributed by atoms with Crippen molar-refractivity contribution in [3.05, 3.63) is 72.8 Å². The molecule has 0 bridgehead atoms. The molecule has 0 radical (unpaired) electrons. The molecule has 0 saturated heterocycles. The number of nitrogens with zero attached hydrogens (tertiary/aromatic N) is 2. The Morgan fingerprint density at radius 3 is 1.13 bits per heavy atom. The molecule has 0 aromatic heterocycles. The molecule has 2 aromatic rings. The number of carbonyl (C=O) groups excluding carboxylic acids is 5. The van der Waals surface area contributed by atoms with Gasteiger partial charge < -0.3 is 9.47 Å². The number of carbonyl (C=O) groups is 5. The maximum Gasteiger partial charge on any atom is 0.519 e. The van der Waals surface area contributed by atoms with E-state index in [2.05, 4.69) is 0 Å². The summed E-state index contributed by atoms with van der Waals surface area (Å²) in [6, 6.07) is 11.5. The van der Waals surface area contributed by atoms with Crippen LogP contribution < -0.4 is 19.3 Å². The van der Waals surface area contributed by atoms with Crippen molar-refractivity contribution >= 4 is 41.2 Å². The second-order valence-corrected chi connectivity index (χ2v) is 6.13. The molecule has 0 atom stereocenters. The predicted octanol–water partition coefficient (Wildman–Crippen LogP) is 2.12. The van der Waals surface area contributed by atoms with E-state index in [1.165, 1.54) is 72.8 Å². The van der Waals surface area contributed by atoms with Crippen molar-refractivity contribution in [1.29, 1.82) is 0 Å². The Hall–Kier alpha value is -4.53. The van der Waals surface area contributed by atoms with Crippen molar-refractivity contribution in [2.45, 2.75) is 0 Å². The van der Waals surface area contributed by atoms with Crippen LogP contribution in [0, 0.1) is 0 Å². The van der Waals surface area contributed by atoms with Gasteiger partial charge in [-0.2, -0.15) is 0 Å². The van der Waals surface area contributed by atoms with E-state index in [1.807, 2.05) is 0 Å². The normalized spacial score (nSPS) is 15.3. The molecule has 0 fully saturated rings. The third kappa shape index (κ3) is 3.59. The van der Waals surface area contributed by atoms with E-state index in [1.54, 1.807) is 0 Å². The van der Waals surface area contributed by atoms with Crippen LogP contribution in [-0.2, 0) is 19.2 Å². The Morgan fingerprint density at radius 2 is 0.833 bits per heavy atom. The maximum absolute atomic E-state index is 12.0. The van der Waals surface area contributed by atoms with E-state index >= 15 is 0 Å². The number of benzene rings is 2. The first-order chi connectivity index (χ1) is 14.4. The molecule has 0 N–H and O–H groups in total. The molecule has 2 heterocycles. The summed E-state index contributed by atoms with van der Waals surface area (Å²) in [5.74, 6) is -1.53. The monoisotopic (exact) mass is 404 g/mol. The Bertz CT molecular complexity index is 1010. The molecule has 0 unspecified atom stereocenters. The van der Waals surface area contributed by atoms with Crippen molar-refractivity contribution < 1.29 is 33.4 Å². The SMILES string of the molecule is O=C(Oc1ccc(N2C(=O)C=CC2=O)cc1)Oc1ccc(N2C(=O)C=CC2=O)cc1. The summed E-state index contributed by atoms with van der Waals surface area (Å²) in [4.78, 5) is 60.6. The van der Waals surface area contributed by atoms with Gasteiger partial charge in [-0.1, -0.05) is 0 Å². The van der Waals surface area contributed by atoms with Gasteiger partial charge in [0.2, 0.25) is 0 Å². The second-order valence-electron chi connectivity index (χ2n) is 6.13. The summed E-state index contributed by atoms with van der Waals surface area (Å²) in [5, 5.41) is 0. The number of imide groups is 2. The lowest BCUT2D eigenvalue weighted by Gasteiger charge is -2.14. The van der Waals surface area contributed by atoms with Crippen LogP contribution in [0.4, 0.5) is 16.2 Å². The van der Waals surface area contributed by atoms with Gasteiger partial charge in [-0.25, -0.2) is 14.6 Å². The van der Waals surface area contributed by atoms with Crippen LogP contribution in [0.2, 0.25) is 0 Å². The van der Waals surface area contributed by atoms with Crippen molar-refractivity contribution in [2.75, 3.05) is 9.80 Å². The third-order valence-corrected chi connectivity index (χ3v) is 4.21. The minimum absolute atomic E-state index is 0.145. The Morgan fingerprint density at radius 1 is 0.533 bits per heavy atom. The fourth-order valence-electron chi connectivity index (χ4n) is 2.85. The van der Waals surface area contributed by atoms with Gasteiger partial charge in [0.1, 0.15) is 11.5 Å². The number of ether oxygens (including phenoxy) is 2. The molecule has 4 rings (SSSR count). The minimum Gasteiger partial charge on any atom is -0.395 e. The molecule has 30 heavy (non-hydrogen) atoms. The van der Waals surface area contributed by atoms with Crippen LogP contribution in [0.5, 0.6) is 11.5 Å². The molecular weight excluding hydrogens is 392 g/mol. The van der Waals surface area contributed by atoms with Gasteiger partial charge in [-0.3, -0.25) is 19.2 Å². The lowest BCUT2D eigenvalue weighted by Crippen LogP contribution is -2.29. The van der Waals surface area contributed by atoms with E-state index < -0.39 is 29.8 Å². The molecule has 2 aliphatic rings. The van der Waals surface area contributed by atoms with Gasteiger partial charge in [-0.05, 0) is 48.5 Å². The van der Waals surface area contributed by atoms with Crippen LogP contribution in [-0.4, -0.2) is 29.8 Å². The van der Waals surface area contributed by atoms with E-state index in [0.717, 1.165) is 9.80 Å². The topological polar surface area (TPSA) is 110 Å². The fraction of sp³-hybridized carbons (Fsp3) is 0. The number of hydrogen-bond acceptors (Lipinski definition) is 7. The molecule has 9 heteroatoms. The highest BCUT2D eigenvalue weighted by molar-refractivity contribution is 6.28. The quantitative estimate of drug-likeness (QED) is 0.436. The molecule has 148 valence electrons. The summed E-state index contributed by atoms with van der Waals surface area (Å²) in [5.41, 5.74) is 0.679. The Kier molecular flexibility index (Phi) is 4.69. The molecule has 2 aromatic carbocycles. The number of amides is 4. The highest BCUT2D eigenvalue weighted by Gasteiger charge is 2.26. The zero-order valence-electron chi connectivity index (χ0n) is 15.2. The van der Waals surface area contributed by atoms with E-state index in [9.17, 15) is 24.0 Å². The highest BCUT2D eigenvalue weighted by Crippen LogP contribution is 2.24. The zero-order valence-corrected chi connectivity index (χ0v) is 15.2. The third-order valence-electron chi connectivity index (χ3n) is 4.21. The lowest BCUT2D eigenvalue weighted by molar-refractivity contribution is -0.121. The van der Waals surface area contributed by atoms with Crippen LogP contribution >= 0.6 is 0 Å². The average Bonchev–Trinajstić information content (AvgIpc) is 3.24. The molecule has 4 amide bonds. The largest absolute Gasteiger partial charge is 0.519 e. The smallest absolute Gasteiger partial charge is 0.395 e. The fourth-order valence-corrected chi connectivity index (χ4v) is 2.85. The summed E-state index contributed by atoms with van der Waals surface area (Å²) < 4.78 is 10.1. The van der Waals surface area contributed by atoms with Gasteiger partial charge in [-0.15, -0.1) is 0 Å². The van der Waals surface area contributed by atoms with Crippen LogP contribution in [0.1, 0.15) is 0 Å². The van der Waals surface area contributed by atoms with E-state index in [0.29, 0.717) is 11.4 Å². The predicted molar refractivity (Wildman–Crippen MR) is 103 cm³/mol. The number of anilines is 2. The summed E-state index contributed by atoms with van der Waals surface area (Å²) in [6.07, 6.45) is 3.66. The average molecular weight is 404 g/mol. The maximum atomic E-state index is 12.0. The van der Waals surface area contributed by atoms with Gasteiger partial charge in [0.15, 0.2) is 0 Å². The minimum atomic E-state index is -1.01. The van der Waals surface area contributed by atoms with Crippen LogP contribution in [0.3, 0.4) is 0 Å². The van der Waals surface area contributed by atoms with Crippen LogP contribution in [0.15, 0.2) is 72.8 Å². The van der Waals surface area contributed by atoms with Crippen molar-refractivity contribution in [3.8, 4) is 11.5 Å². The number of hydrogen-bond donors (Lipinski definition) is 0. The standard InChI is InChI=1S/C21H12N2O7/c24-17-9-10-18(25)22(17)13-1-5-15(6-2-13)29-21(28)30-16-7-3-14(4-8-16)23-19(26)11-12-20(23)27/h1-12H. The molecule has 9 nitrogen and oxygen atoms in total. The van der Waals surface area contributed by atoms with Gasteiger partial charge in [0, 0.05) is 24.3 Å². The Balaban J connectivity index is 1.37. The van der Waals surface area contributed by atoms with Gasteiger partial charge in [0.05, 0.1) is 11.4 Å². The zero-order chi connectivity index (χ0) is 21.3. The molecule has 0 spiro atoms. The molecule has 0 aliphatic carbocycles. The summed E-state index contributed by atoms with van der Waals surface area (Å²) in [7, 11) is 0.